The van der Waals surface area contributed by atoms with E-state index in [1.165, 1.54) is 6.42 Å². The van der Waals surface area contributed by atoms with Crippen LogP contribution in [0.5, 0.6) is 11.6 Å². The molecule has 1 aromatic carbocycles. The van der Waals surface area contributed by atoms with E-state index in [9.17, 15) is 4.79 Å². The van der Waals surface area contributed by atoms with Gasteiger partial charge >= 0.3 is 0 Å². The largest absolute Gasteiger partial charge is 0.497 e. The second-order valence-corrected chi connectivity index (χ2v) is 7.25. The van der Waals surface area contributed by atoms with E-state index in [-0.39, 0.29) is 12.5 Å². The molecule has 0 aliphatic carbocycles. The summed E-state index contributed by atoms with van der Waals surface area (Å²) in [6.45, 7) is 6.41. The number of carbonyl (C=O) groups is 1. The number of anilines is 1. The molecule has 7 heteroatoms. The van der Waals surface area contributed by atoms with Gasteiger partial charge in [-0.15, -0.1) is 0 Å². The van der Waals surface area contributed by atoms with Crippen molar-refractivity contribution < 1.29 is 14.3 Å². The third-order valence-electron chi connectivity index (χ3n) is 4.76. The lowest BCUT2D eigenvalue weighted by molar-refractivity contribution is -0.123. The second kappa shape index (κ2) is 9.39. The summed E-state index contributed by atoms with van der Waals surface area (Å²) in [6.07, 6.45) is 2.38. The Morgan fingerprint density at radius 1 is 1.29 bits per heavy atom. The number of nitrogens with one attached hydrogen (secondary N) is 1. The Balaban J connectivity index is 1.52. The summed E-state index contributed by atoms with van der Waals surface area (Å²) in [7, 11) is 1.63. The van der Waals surface area contributed by atoms with E-state index in [1.807, 2.05) is 31.2 Å². The number of amides is 1. The number of methoxy groups -OCH3 is 1. The smallest absolute Gasteiger partial charge is 0.258 e. The Kier molecular flexibility index (Phi) is 6.68. The molecule has 1 amide bonds. The van der Waals surface area contributed by atoms with Crippen LogP contribution in [0.1, 0.15) is 31.0 Å². The minimum absolute atomic E-state index is 0.0809. The molecule has 1 aromatic heterocycles. The summed E-state index contributed by atoms with van der Waals surface area (Å²) in [5.74, 6) is 2.34. The first kappa shape index (κ1) is 19.9. The summed E-state index contributed by atoms with van der Waals surface area (Å²) in [5.41, 5.74) is 1.82. The molecule has 3 rings (SSSR count). The van der Waals surface area contributed by atoms with E-state index in [4.69, 9.17) is 9.47 Å². The molecule has 0 saturated carbocycles. The first-order chi connectivity index (χ1) is 13.5. The Morgan fingerprint density at radius 3 is 2.79 bits per heavy atom. The average molecular weight is 384 g/mol. The van der Waals surface area contributed by atoms with Gasteiger partial charge in [0.2, 0.25) is 11.8 Å². The van der Waals surface area contributed by atoms with E-state index in [0.29, 0.717) is 24.3 Å². The fourth-order valence-electron chi connectivity index (χ4n) is 3.25. The van der Waals surface area contributed by atoms with Gasteiger partial charge in [0, 0.05) is 31.4 Å². The van der Waals surface area contributed by atoms with Gasteiger partial charge in [0.15, 0.2) is 6.61 Å². The van der Waals surface area contributed by atoms with Crippen molar-refractivity contribution in [2.75, 3.05) is 31.7 Å². The molecular formula is C21H28N4O3. The Bertz CT molecular complexity index is 795. The van der Waals surface area contributed by atoms with Crippen molar-refractivity contribution in [2.24, 2.45) is 5.92 Å². The van der Waals surface area contributed by atoms with Gasteiger partial charge in [0.1, 0.15) is 5.75 Å². The predicted octanol–water partition coefficient (Wildman–Crippen LogP) is 2.73. The summed E-state index contributed by atoms with van der Waals surface area (Å²) in [6, 6.07) is 9.32. The number of rotatable bonds is 7. The minimum atomic E-state index is -0.194. The molecule has 1 atom stereocenters. The number of nitrogens with zero attached hydrogens (tertiary/aromatic N) is 3. The predicted molar refractivity (Wildman–Crippen MR) is 108 cm³/mol. The highest BCUT2D eigenvalue weighted by molar-refractivity contribution is 5.77. The summed E-state index contributed by atoms with van der Waals surface area (Å²) >= 11 is 0. The number of aryl methyl sites for hydroxylation is 1. The third-order valence-corrected chi connectivity index (χ3v) is 4.76. The van der Waals surface area contributed by atoms with Crippen molar-refractivity contribution in [1.82, 2.24) is 15.3 Å². The van der Waals surface area contributed by atoms with Gasteiger partial charge in [-0.25, -0.2) is 4.98 Å². The maximum atomic E-state index is 12.1. The average Bonchev–Trinajstić information content (AvgIpc) is 2.70. The van der Waals surface area contributed by atoms with Crippen molar-refractivity contribution in [1.29, 1.82) is 0 Å². The van der Waals surface area contributed by atoms with E-state index in [0.717, 1.165) is 36.5 Å². The van der Waals surface area contributed by atoms with Crippen LogP contribution >= 0.6 is 0 Å². The van der Waals surface area contributed by atoms with Crippen molar-refractivity contribution in [3.8, 4) is 11.6 Å². The Morgan fingerprint density at radius 2 is 2.07 bits per heavy atom. The van der Waals surface area contributed by atoms with Gasteiger partial charge in [0.05, 0.1) is 7.11 Å². The molecule has 7 nitrogen and oxygen atoms in total. The van der Waals surface area contributed by atoms with E-state index >= 15 is 0 Å². The Labute approximate surface area is 166 Å². The standard InChI is InChI=1S/C21H28N4O3/c1-15-5-4-10-25(13-15)21-23-16(2)11-20(24-21)28-14-19(26)22-12-17-6-8-18(27-3)9-7-17/h6-9,11,15H,4-5,10,12-14H2,1-3H3,(H,22,26). The Hall–Kier alpha value is -2.83. The van der Waals surface area contributed by atoms with Gasteiger partial charge in [-0.3, -0.25) is 4.79 Å². The zero-order chi connectivity index (χ0) is 19.9. The highest BCUT2D eigenvalue weighted by atomic mass is 16.5. The fraction of sp³-hybridized carbons (Fsp3) is 0.476. The van der Waals surface area contributed by atoms with Gasteiger partial charge in [-0.2, -0.15) is 4.98 Å². The summed E-state index contributed by atoms with van der Waals surface area (Å²) < 4.78 is 10.8. The van der Waals surface area contributed by atoms with Crippen LogP contribution in [0.2, 0.25) is 0 Å². The van der Waals surface area contributed by atoms with Crippen LogP contribution < -0.4 is 19.7 Å². The number of carbonyl (C=O) groups excluding carboxylic acids is 1. The number of piperidine rings is 1. The molecule has 1 aliphatic heterocycles. The zero-order valence-corrected chi connectivity index (χ0v) is 16.8. The molecule has 2 heterocycles. The van der Waals surface area contributed by atoms with Gasteiger partial charge in [0.25, 0.3) is 5.91 Å². The molecule has 2 aromatic rings. The monoisotopic (exact) mass is 384 g/mol. The van der Waals surface area contributed by atoms with Crippen LogP contribution in [0.15, 0.2) is 30.3 Å². The van der Waals surface area contributed by atoms with Crippen LogP contribution in [0.3, 0.4) is 0 Å². The topological polar surface area (TPSA) is 76.6 Å². The highest BCUT2D eigenvalue weighted by Gasteiger charge is 2.19. The molecule has 1 N–H and O–H groups in total. The van der Waals surface area contributed by atoms with Crippen molar-refractivity contribution in [3.05, 3.63) is 41.6 Å². The lowest BCUT2D eigenvalue weighted by Gasteiger charge is -2.31. The van der Waals surface area contributed by atoms with Gasteiger partial charge in [-0.1, -0.05) is 19.1 Å². The third kappa shape index (κ3) is 5.58. The normalized spacial score (nSPS) is 16.5. The minimum Gasteiger partial charge on any atom is -0.497 e. The van der Waals surface area contributed by atoms with Crippen molar-refractivity contribution >= 4 is 11.9 Å². The van der Waals surface area contributed by atoms with Crippen LogP contribution in [-0.4, -0.2) is 42.7 Å². The summed E-state index contributed by atoms with van der Waals surface area (Å²) in [4.78, 5) is 23.3. The summed E-state index contributed by atoms with van der Waals surface area (Å²) in [5, 5.41) is 2.85. The fourth-order valence-corrected chi connectivity index (χ4v) is 3.25. The number of aromatic nitrogens is 2. The zero-order valence-electron chi connectivity index (χ0n) is 16.8. The molecular weight excluding hydrogens is 356 g/mol. The van der Waals surface area contributed by atoms with Crippen LogP contribution in [-0.2, 0) is 11.3 Å². The maximum Gasteiger partial charge on any atom is 0.258 e. The molecule has 1 fully saturated rings. The number of ether oxygens (including phenoxy) is 2. The molecule has 28 heavy (non-hydrogen) atoms. The van der Waals surface area contributed by atoms with E-state index in [2.05, 4.69) is 27.1 Å². The number of hydrogen-bond acceptors (Lipinski definition) is 6. The molecule has 1 saturated heterocycles. The molecule has 0 spiro atoms. The molecule has 1 aliphatic rings. The van der Waals surface area contributed by atoms with Crippen molar-refractivity contribution in [3.63, 3.8) is 0 Å². The lowest BCUT2D eigenvalue weighted by Crippen LogP contribution is -2.35. The van der Waals surface area contributed by atoms with Crippen LogP contribution in [0, 0.1) is 12.8 Å². The van der Waals surface area contributed by atoms with Crippen LogP contribution in [0.25, 0.3) is 0 Å². The first-order valence-electron chi connectivity index (χ1n) is 9.66. The maximum absolute atomic E-state index is 12.1. The molecule has 1 unspecified atom stereocenters. The van der Waals surface area contributed by atoms with E-state index < -0.39 is 0 Å². The molecule has 0 radical (unpaired) electrons. The van der Waals surface area contributed by atoms with Gasteiger partial charge < -0.3 is 19.7 Å². The number of benzene rings is 1. The first-order valence-corrected chi connectivity index (χ1v) is 9.66. The molecule has 150 valence electrons. The quantitative estimate of drug-likeness (QED) is 0.791. The molecule has 0 bridgehead atoms. The van der Waals surface area contributed by atoms with Gasteiger partial charge in [-0.05, 0) is 43.4 Å². The lowest BCUT2D eigenvalue weighted by atomic mass is 10.0. The number of hydrogen-bond donors (Lipinski definition) is 1. The SMILES string of the molecule is COc1ccc(CNC(=O)COc2cc(C)nc(N3CCCC(C)C3)n2)cc1. The second-order valence-electron chi connectivity index (χ2n) is 7.25. The van der Waals surface area contributed by atoms with Crippen LogP contribution in [0.4, 0.5) is 5.95 Å². The van der Waals surface area contributed by atoms with Crippen molar-refractivity contribution in [2.45, 2.75) is 33.2 Å². The highest BCUT2D eigenvalue weighted by Crippen LogP contribution is 2.22. The van der Waals surface area contributed by atoms with E-state index in [1.54, 1.807) is 13.2 Å².